The van der Waals surface area contributed by atoms with E-state index < -0.39 is 0 Å². The zero-order valence-corrected chi connectivity index (χ0v) is 8.84. The zero-order valence-electron chi connectivity index (χ0n) is 8.08. The van der Waals surface area contributed by atoms with Crippen LogP contribution < -0.4 is 4.57 Å². The smallest absolute Gasteiger partial charge is 0.247 e. The lowest BCUT2D eigenvalue weighted by Crippen LogP contribution is -2.36. The van der Waals surface area contributed by atoms with Crippen LogP contribution in [0.15, 0.2) is 36.7 Å². The van der Waals surface area contributed by atoms with Gasteiger partial charge in [-0.15, -0.1) is 11.6 Å². The third kappa shape index (κ3) is 2.36. The van der Waals surface area contributed by atoms with Crippen LogP contribution in [0.25, 0.3) is 0 Å². The molecular formula is C11H11ClFN2+. The van der Waals surface area contributed by atoms with Gasteiger partial charge in [0.2, 0.25) is 0 Å². The Morgan fingerprint density at radius 3 is 2.67 bits per heavy atom. The molecule has 1 aromatic heterocycles. The fourth-order valence-electron chi connectivity index (χ4n) is 1.45. The number of nitrogens with one attached hydrogen (secondary N) is 1. The van der Waals surface area contributed by atoms with E-state index in [4.69, 9.17) is 11.6 Å². The van der Waals surface area contributed by atoms with Crippen LogP contribution in [0, 0.1) is 5.82 Å². The predicted molar refractivity (Wildman–Crippen MR) is 56.0 cm³/mol. The van der Waals surface area contributed by atoms with Crippen LogP contribution in [0.2, 0.25) is 0 Å². The van der Waals surface area contributed by atoms with E-state index >= 15 is 0 Å². The maximum absolute atomic E-state index is 12.7. The fraction of sp³-hybridized carbons (Fsp3) is 0.182. The van der Waals surface area contributed by atoms with E-state index in [1.807, 2.05) is 17.0 Å². The minimum atomic E-state index is -0.213. The Balaban J connectivity index is 2.18. The Kier molecular flexibility index (Phi) is 3.02. The minimum Gasteiger partial charge on any atom is -0.247 e. The molecule has 2 aromatic rings. The summed E-state index contributed by atoms with van der Waals surface area (Å²) in [6.45, 7) is 0.700. The number of imidazole rings is 1. The number of benzene rings is 1. The van der Waals surface area contributed by atoms with E-state index in [2.05, 4.69) is 4.98 Å². The molecule has 0 amide bonds. The van der Waals surface area contributed by atoms with Crippen LogP contribution in [-0.2, 0) is 12.4 Å². The van der Waals surface area contributed by atoms with Gasteiger partial charge in [-0.3, -0.25) is 0 Å². The number of alkyl halides is 1. The summed E-state index contributed by atoms with van der Waals surface area (Å²) in [5.41, 5.74) is 1.05. The van der Waals surface area contributed by atoms with Crippen molar-refractivity contribution in [3.63, 3.8) is 0 Å². The van der Waals surface area contributed by atoms with Crippen molar-refractivity contribution in [2.24, 2.45) is 0 Å². The topological polar surface area (TPSA) is 19.7 Å². The van der Waals surface area contributed by atoms with Crippen LogP contribution in [-0.4, -0.2) is 4.98 Å². The molecule has 0 spiro atoms. The van der Waals surface area contributed by atoms with Gasteiger partial charge in [-0.2, -0.15) is 0 Å². The van der Waals surface area contributed by atoms with E-state index in [-0.39, 0.29) is 5.82 Å². The first-order chi connectivity index (χ1) is 7.29. The quantitative estimate of drug-likeness (QED) is 0.611. The number of hydrogen-bond acceptors (Lipinski definition) is 0. The minimum absolute atomic E-state index is 0.213. The second-order valence-electron chi connectivity index (χ2n) is 3.29. The van der Waals surface area contributed by atoms with Gasteiger partial charge in [0.05, 0.1) is 0 Å². The molecule has 1 heterocycles. The molecule has 1 N–H and O–H groups in total. The number of nitrogens with zero attached hydrogens (tertiary/aromatic N) is 1. The Morgan fingerprint density at radius 1 is 1.27 bits per heavy atom. The first-order valence-electron chi connectivity index (χ1n) is 4.65. The monoisotopic (exact) mass is 225 g/mol. The van der Waals surface area contributed by atoms with Crippen molar-refractivity contribution in [2.75, 3.05) is 0 Å². The SMILES string of the molecule is Fc1ccc(C[n+]2cc[nH]c2CCl)cc1. The molecule has 0 radical (unpaired) electrons. The summed E-state index contributed by atoms with van der Waals surface area (Å²) in [7, 11) is 0. The van der Waals surface area contributed by atoms with E-state index in [1.54, 1.807) is 12.1 Å². The highest BCUT2D eigenvalue weighted by molar-refractivity contribution is 6.16. The van der Waals surface area contributed by atoms with Gasteiger partial charge < -0.3 is 0 Å². The molecule has 0 saturated carbocycles. The summed E-state index contributed by atoms with van der Waals surface area (Å²) < 4.78 is 14.7. The van der Waals surface area contributed by atoms with E-state index in [0.717, 1.165) is 11.4 Å². The standard InChI is InChI=1S/C11H10ClFN2/c12-7-11-14-5-6-15(11)8-9-1-3-10(13)4-2-9/h1-6H,7-8H2/p+1. The molecule has 0 fully saturated rings. The predicted octanol–water partition coefficient (Wildman–Crippen LogP) is 2.23. The third-order valence-electron chi connectivity index (χ3n) is 2.24. The van der Waals surface area contributed by atoms with Crippen molar-refractivity contribution in [1.82, 2.24) is 4.98 Å². The van der Waals surface area contributed by atoms with Crippen molar-refractivity contribution in [3.05, 3.63) is 53.9 Å². The van der Waals surface area contributed by atoms with Crippen molar-refractivity contribution in [2.45, 2.75) is 12.4 Å². The molecule has 0 aliphatic heterocycles. The molecule has 0 atom stereocenters. The summed E-state index contributed by atoms with van der Waals surface area (Å²) >= 11 is 5.75. The first kappa shape index (κ1) is 10.2. The van der Waals surface area contributed by atoms with Gasteiger partial charge in [-0.1, -0.05) is 12.1 Å². The van der Waals surface area contributed by atoms with Crippen LogP contribution >= 0.6 is 11.6 Å². The summed E-state index contributed by atoms with van der Waals surface area (Å²) in [5, 5.41) is 0. The molecule has 2 nitrogen and oxygen atoms in total. The molecule has 15 heavy (non-hydrogen) atoms. The molecular weight excluding hydrogens is 215 g/mol. The van der Waals surface area contributed by atoms with Gasteiger partial charge >= 0.3 is 0 Å². The summed E-state index contributed by atoms with van der Waals surface area (Å²) in [4.78, 5) is 3.04. The Morgan fingerprint density at radius 2 is 2.00 bits per heavy atom. The molecule has 0 saturated heterocycles. The molecule has 78 valence electrons. The molecule has 0 bridgehead atoms. The van der Waals surface area contributed by atoms with Gasteiger partial charge in [0.25, 0.3) is 5.82 Å². The third-order valence-corrected chi connectivity index (χ3v) is 2.50. The molecule has 0 aliphatic carbocycles. The highest BCUT2D eigenvalue weighted by atomic mass is 35.5. The van der Waals surface area contributed by atoms with Crippen molar-refractivity contribution in [3.8, 4) is 0 Å². The number of aromatic nitrogens is 2. The second-order valence-corrected chi connectivity index (χ2v) is 3.56. The molecule has 0 unspecified atom stereocenters. The van der Waals surface area contributed by atoms with Crippen molar-refractivity contribution >= 4 is 11.6 Å². The van der Waals surface area contributed by atoms with Gasteiger partial charge in [0.15, 0.2) is 0 Å². The molecule has 4 heteroatoms. The van der Waals surface area contributed by atoms with Crippen LogP contribution in [0.1, 0.15) is 11.4 Å². The Hall–Kier alpha value is -1.35. The lowest BCUT2D eigenvalue weighted by atomic mass is 10.2. The van der Waals surface area contributed by atoms with Crippen molar-refractivity contribution < 1.29 is 8.96 Å². The number of hydrogen-bond donors (Lipinski definition) is 1. The first-order valence-corrected chi connectivity index (χ1v) is 5.19. The maximum Gasteiger partial charge on any atom is 0.269 e. The summed E-state index contributed by atoms with van der Waals surface area (Å²) in [5.74, 6) is 1.17. The van der Waals surface area contributed by atoms with Crippen LogP contribution in [0.4, 0.5) is 4.39 Å². The fourth-order valence-corrected chi connectivity index (χ4v) is 1.68. The summed E-state index contributed by atoms with van der Waals surface area (Å²) in [6.07, 6.45) is 3.75. The lowest BCUT2D eigenvalue weighted by molar-refractivity contribution is -0.693. The number of rotatable bonds is 3. The number of aromatic amines is 1. The number of halogens is 2. The van der Waals surface area contributed by atoms with Crippen LogP contribution in [0.3, 0.4) is 0 Å². The average molecular weight is 226 g/mol. The lowest BCUT2D eigenvalue weighted by Gasteiger charge is -1.99. The van der Waals surface area contributed by atoms with E-state index in [1.165, 1.54) is 12.1 Å². The normalized spacial score (nSPS) is 10.5. The zero-order chi connectivity index (χ0) is 10.7. The average Bonchev–Trinajstić information content (AvgIpc) is 2.69. The van der Waals surface area contributed by atoms with E-state index in [0.29, 0.717) is 12.4 Å². The Labute approximate surface area is 92.3 Å². The summed E-state index contributed by atoms with van der Waals surface area (Å²) in [6, 6.07) is 6.46. The second kappa shape index (κ2) is 4.45. The van der Waals surface area contributed by atoms with E-state index in [9.17, 15) is 4.39 Å². The Bertz CT molecular complexity index is 436. The molecule has 1 aromatic carbocycles. The van der Waals surface area contributed by atoms with Gasteiger partial charge in [-0.05, 0) is 17.7 Å². The number of H-pyrrole nitrogens is 1. The van der Waals surface area contributed by atoms with Gasteiger partial charge in [0.1, 0.15) is 30.6 Å². The van der Waals surface area contributed by atoms with Crippen LogP contribution in [0.5, 0.6) is 0 Å². The van der Waals surface area contributed by atoms with Gasteiger partial charge in [-0.25, -0.2) is 13.9 Å². The van der Waals surface area contributed by atoms with Crippen molar-refractivity contribution in [1.29, 1.82) is 0 Å². The molecule has 0 aliphatic rings. The largest absolute Gasteiger partial charge is 0.269 e. The highest BCUT2D eigenvalue weighted by Crippen LogP contribution is 2.03. The van der Waals surface area contributed by atoms with Gasteiger partial charge in [0, 0.05) is 0 Å². The highest BCUT2D eigenvalue weighted by Gasteiger charge is 2.08. The maximum atomic E-state index is 12.7. The molecule has 2 rings (SSSR count).